The van der Waals surface area contributed by atoms with Crippen LogP contribution in [0.2, 0.25) is 0 Å². The molecule has 1 fully saturated rings. The predicted molar refractivity (Wildman–Crippen MR) is 92.7 cm³/mol. The van der Waals surface area contributed by atoms with Gasteiger partial charge in [-0.1, -0.05) is 18.2 Å². The molecule has 1 saturated heterocycles. The molecule has 1 aromatic heterocycles. The first-order valence-electron chi connectivity index (χ1n) is 8.60. The second-order valence-corrected chi connectivity index (χ2v) is 6.61. The molecule has 0 bridgehead atoms. The van der Waals surface area contributed by atoms with E-state index in [1.807, 2.05) is 43.0 Å². The summed E-state index contributed by atoms with van der Waals surface area (Å²) in [5, 5.41) is 1.01. The molecule has 2 aromatic rings. The van der Waals surface area contributed by atoms with Crippen LogP contribution < -0.4 is 0 Å². The van der Waals surface area contributed by atoms with E-state index in [-0.39, 0.29) is 24.4 Å². The van der Waals surface area contributed by atoms with Crippen molar-refractivity contribution in [2.75, 3.05) is 13.1 Å². The molecule has 3 rings (SSSR count). The smallest absolute Gasteiger partial charge is 0.312 e. The van der Waals surface area contributed by atoms with E-state index < -0.39 is 0 Å². The summed E-state index contributed by atoms with van der Waals surface area (Å²) in [5.41, 5.74) is 2.66. The van der Waals surface area contributed by atoms with E-state index in [0.717, 1.165) is 48.1 Å². The van der Waals surface area contributed by atoms with Crippen LogP contribution in [0.25, 0.3) is 10.9 Å². The number of rotatable bonds is 5. The monoisotopic (exact) mass is 328 g/mol. The van der Waals surface area contributed by atoms with Crippen LogP contribution in [0.3, 0.4) is 0 Å². The number of para-hydroxylation sites is 1. The zero-order valence-corrected chi connectivity index (χ0v) is 14.3. The Morgan fingerprint density at radius 3 is 2.58 bits per heavy atom. The van der Waals surface area contributed by atoms with Gasteiger partial charge in [0.05, 0.1) is 18.9 Å². The summed E-state index contributed by atoms with van der Waals surface area (Å²) in [5.74, 6) is -0.137. The summed E-state index contributed by atoms with van der Waals surface area (Å²) in [6.45, 7) is 5.35. The van der Waals surface area contributed by atoms with Crippen LogP contribution in [0.4, 0.5) is 0 Å². The Morgan fingerprint density at radius 2 is 1.88 bits per heavy atom. The Hall–Kier alpha value is -2.30. The molecule has 1 amide bonds. The number of fused-ring (bicyclic) bond motifs is 1. The fraction of sp³-hybridized carbons (Fsp3) is 0.474. The minimum Gasteiger partial charge on any atom is -0.463 e. The average Bonchev–Trinajstić information content (AvgIpc) is 3.15. The van der Waals surface area contributed by atoms with Crippen molar-refractivity contribution in [1.82, 2.24) is 9.88 Å². The summed E-state index contributed by atoms with van der Waals surface area (Å²) in [6.07, 6.45) is 2.50. The van der Waals surface area contributed by atoms with Gasteiger partial charge in [0.1, 0.15) is 0 Å². The summed E-state index contributed by atoms with van der Waals surface area (Å²) >= 11 is 0. The fourth-order valence-electron chi connectivity index (χ4n) is 3.29. The lowest BCUT2D eigenvalue weighted by molar-refractivity contribution is -0.146. The van der Waals surface area contributed by atoms with Gasteiger partial charge in [-0.15, -0.1) is 0 Å². The minimum absolute atomic E-state index is 0.135. The molecular formula is C19H24N2O3. The molecule has 0 spiro atoms. The first-order valence-corrected chi connectivity index (χ1v) is 8.60. The Morgan fingerprint density at radius 1 is 1.17 bits per heavy atom. The molecule has 0 radical (unpaired) electrons. The summed E-state index contributed by atoms with van der Waals surface area (Å²) < 4.78 is 5.26. The van der Waals surface area contributed by atoms with Crippen LogP contribution >= 0.6 is 0 Å². The molecule has 0 atom stereocenters. The molecule has 1 aliphatic rings. The molecule has 0 aliphatic carbocycles. The third-order valence-corrected chi connectivity index (χ3v) is 4.38. The number of H-pyrrole nitrogens is 1. The van der Waals surface area contributed by atoms with E-state index in [1.54, 1.807) is 0 Å². The number of likely N-dealkylation sites (tertiary alicyclic amines) is 1. The standard InChI is InChI=1S/C19H24N2O3/c1-13(2)24-19(23)12-17-15(11-18(22)21-9-5-6-10-21)14-7-3-4-8-16(14)20-17/h3-4,7-8,13,20H,5-6,9-12H2,1-2H3. The maximum Gasteiger partial charge on any atom is 0.312 e. The maximum absolute atomic E-state index is 12.6. The number of carbonyl (C=O) groups is 2. The zero-order valence-electron chi connectivity index (χ0n) is 14.3. The number of benzene rings is 1. The molecule has 24 heavy (non-hydrogen) atoms. The van der Waals surface area contributed by atoms with Gasteiger partial charge in [0.2, 0.25) is 5.91 Å². The largest absolute Gasteiger partial charge is 0.463 e. The molecule has 2 heterocycles. The average molecular weight is 328 g/mol. The Kier molecular flexibility index (Phi) is 4.88. The lowest BCUT2D eigenvalue weighted by atomic mass is 10.0. The Labute approximate surface area is 142 Å². The summed E-state index contributed by atoms with van der Waals surface area (Å²) in [6, 6.07) is 7.86. The number of esters is 1. The molecule has 0 saturated carbocycles. The van der Waals surface area contributed by atoms with Crippen LogP contribution in [-0.4, -0.2) is 41.0 Å². The number of hydrogen-bond acceptors (Lipinski definition) is 3. The van der Waals surface area contributed by atoms with Crippen molar-refractivity contribution in [2.24, 2.45) is 0 Å². The number of aromatic amines is 1. The van der Waals surface area contributed by atoms with Crippen molar-refractivity contribution in [3.8, 4) is 0 Å². The molecule has 1 N–H and O–H groups in total. The van der Waals surface area contributed by atoms with E-state index in [2.05, 4.69) is 4.98 Å². The third-order valence-electron chi connectivity index (χ3n) is 4.38. The predicted octanol–water partition coefficient (Wildman–Crippen LogP) is 2.83. The first-order chi connectivity index (χ1) is 11.5. The lowest BCUT2D eigenvalue weighted by Crippen LogP contribution is -2.29. The van der Waals surface area contributed by atoms with Crippen LogP contribution in [0.1, 0.15) is 37.9 Å². The number of nitrogens with zero attached hydrogens (tertiary/aromatic N) is 1. The second-order valence-electron chi connectivity index (χ2n) is 6.61. The highest BCUT2D eigenvalue weighted by Gasteiger charge is 2.22. The van der Waals surface area contributed by atoms with Crippen molar-refractivity contribution in [3.63, 3.8) is 0 Å². The van der Waals surface area contributed by atoms with Gasteiger partial charge in [-0.2, -0.15) is 0 Å². The maximum atomic E-state index is 12.6. The van der Waals surface area contributed by atoms with E-state index >= 15 is 0 Å². The van der Waals surface area contributed by atoms with Crippen molar-refractivity contribution < 1.29 is 14.3 Å². The van der Waals surface area contributed by atoms with E-state index in [0.29, 0.717) is 6.42 Å². The van der Waals surface area contributed by atoms with Gasteiger partial charge in [0.15, 0.2) is 0 Å². The van der Waals surface area contributed by atoms with Gasteiger partial charge in [-0.05, 0) is 38.3 Å². The van der Waals surface area contributed by atoms with Gasteiger partial charge in [0, 0.05) is 29.7 Å². The third kappa shape index (κ3) is 3.61. The number of aromatic nitrogens is 1. The minimum atomic E-state index is -0.272. The van der Waals surface area contributed by atoms with Crippen molar-refractivity contribution in [3.05, 3.63) is 35.5 Å². The van der Waals surface area contributed by atoms with Crippen LogP contribution in [0, 0.1) is 0 Å². The van der Waals surface area contributed by atoms with Crippen molar-refractivity contribution in [2.45, 2.75) is 45.6 Å². The van der Waals surface area contributed by atoms with Crippen LogP contribution in [0.15, 0.2) is 24.3 Å². The van der Waals surface area contributed by atoms with Crippen molar-refractivity contribution in [1.29, 1.82) is 0 Å². The van der Waals surface area contributed by atoms with E-state index in [9.17, 15) is 9.59 Å². The highest BCUT2D eigenvalue weighted by molar-refractivity contribution is 5.91. The first kappa shape index (κ1) is 16.6. The molecule has 5 nitrogen and oxygen atoms in total. The summed E-state index contributed by atoms with van der Waals surface area (Å²) in [7, 11) is 0. The zero-order chi connectivity index (χ0) is 17.1. The topological polar surface area (TPSA) is 62.4 Å². The fourth-order valence-corrected chi connectivity index (χ4v) is 3.29. The molecule has 1 aromatic carbocycles. The number of amides is 1. The molecule has 5 heteroatoms. The molecular weight excluding hydrogens is 304 g/mol. The second kappa shape index (κ2) is 7.07. The Bertz CT molecular complexity index is 742. The number of nitrogens with one attached hydrogen (secondary N) is 1. The van der Waals surface area contributed by atoms with Gasteiger partial charge in [-0.3, -0.25) is 9.59 Å². The quantitative estimate of drug-likeness (QED) is 0.859. The molecule has 128 valence electrons. The molecule has 1 aliphatic heterocycles. The van der Waals surface area contributed by atoms with Crippen LogP contribution in [0.5, 0.6) is 0 Å². The van der Waals surface area contributed by atoms with E-state index in [1.165, 1.54) is 0 Å². The van der Waals surface area contributed by atoms with Gasteiger partial charge in [-0.25, -0.2) is 0 Å². The van der Waals surface area contributed by atoms with Crippen molar-refractivity contribution >= 4 is 22.8 Å². The van der Waals surface area contributed by atoms with Gasteiger partial charge < -0.3 is 14.6 Å². The number of ether oxygens (including phenoxy) is 1. The van der Waals surface area contributed by atoms with Crippen LogP contribution in [-0.2, 0) is 27.2 Å². The SMILES string of the molecule is CC(C)OC(=O)Cc1[nH]c2ccccc2c1CC(=O)N1CCCC1. The highest BCUT2D eigenvalue weighted by Crippen LogP contribution is 2.25. The van der Waals surface area contributed by atoms with Gasteiger partial charge >= 0.3 is 5.97 Å². The number of hydrogen-bond donors (Lipinski definition) is 1. The summed E-state index contributed by atoms with van der Waals surface area (Å²) in [4.78, 5) is 29.8. The normalized spacial score (nSPS) is 14.5. The highest BCUT2D eigenvalue weighted by atomic mass is 16.5. The Balaban J connectivity index is 1.87. The molecule has 0 unspecified atom stereocenters. The number of carbonyl (C=O) groups excluding carboxylic acids is 2. The van der Waals surface area contributed by atoms with E-state index in [4.69, 9.17) is 4.74 Å². The van der Waals surface area contributed by atoms with Gasteiger partial charge in [0.25, 0.3) is 0 Å². The lowest BCUT2D eigenvalue weighted by Gasteiger charge is -2.15.